The van der Waals surface area contributed by atoms with Crippen molar-refractivity contribution >= 4 is 15.9 Å². The van der Waals surface area contributed by atoms with Crippen molar-refractivity contribution < 1.29 is 8.78 Å². The van der Waals surface area contributed by atoms with Gasteiger partial charge in [0.25, 0.3) is 0 Å². The maximum absolute atomic E-state index is 12.5. The highest BCUT2D eigenvalue weighted by Crippen LogP contribution is 2.03. The van der Waals surface area contributed by atoms with Crippen molar-refractivity contribution in [2.45, 2.75) is 0 Å². The molecule has 0 saturated carbocycles. The third-order valence-electron chi connectivity index (χ3n) is 1.10. The summed E-state index contributed by atoms with van der Waals surface area (Å²) in [6, 6.07) is 1.01. The lowest BCUT2D eigenvalue weighted by molar-refractivity contribution is 0.479. The van der Waals surface area contributed by atoms with E-state index in [9.17, 15) is 8.78 Å². The predicted octanol–water partition coefficient (Wildman–Crippen LogP) is 2.11. The molecule has 1 aromatic rings. The smallest absolute Gasteiger partial charge is 0.224 e. The SMILES string of the molecule is Fc1cc(C#CCBr)cnc1F. The zero-order valence-electron chi connectivity index (χ0n) is 5.94. The van der Waals surface area contributed by atoms with Crippen LogP contribution in [0.4, 0.5) is 8.78 Å². The molecule has 0 atom stereocenters. The van der Waals surface area contributed by atoms with E-state index in [4.69, 9.17) is 0 Å². The van der Waals surface area contributed by atoms with E-state index in [2.05, 4.69) is 32.8 Å². The van der Waals surface area contributed by atoms with Crippen molar-refractivity contribution in [3.05, 3.63) is 29.6 Å². The highest BCUT2D eigenvalue weighted by Gasteiger charge is 2.01. The van der Waals surface area contributed by atoms with Gasteiger partial charge in [0.2, 0.25) is 5.95 Å². The number of hydrogen-bond acceptors (Lipinski definition) is 1. The monoisotopic (exact) mass is 231 g/mol. The molecule has 0 aliphatic carbocycles. The molecule has 0 unspecified atom stereocenters. The van der Waals surface area contributed by atoms with Gasteiger partial charge in [-0.25, -0.2) is 9.37 Å². The van der Waals surface area contributed by atoms with Crippen LogP contribution < -0.4 is 0 Å². The summed E-state index contributed by atoms with van der Waals surface area (Å²) in [4.78, 5) is 3.17. The fraction of sp³-hybridized carbons (Fsp3) is 0.125. The highest BCUT2D eigenvalue weighted by molar-refractivity contribution is 9.09. The zero-order chi connectivity index (χ0) is 8.97. The number of alkyl halides is 1. The molecule has 0 radical (unpaired) electrons. The van der Waals surface area contributed by atoms with Gasteiger partial charge in [-0.3, -0.25) is 0 Å². The Morgan fingerprint density at radius 2 is 2.25 bits per heavy atom. The molecule has 0 saturated heterocycles. The van der Waals surface area contributed by atoms with Crippen LogP contribution in [0.15, 0.2) is 12.3 Å². The van der Waals surface area contributed by atoms with Crippen molar-refractivity contribution in [2.24, 2.45) is 0 Å². The van der Waals surface area contributed by atoms with E-state index >= 15 is 0 Å². The van der Waals surface area contributed by atoms with Gasteiger partial charge in [-0.05, 0) is 6.07 Å². The molecule has 1 heterocycles. The zero-order valence-corrected chi connectivity index (χ0v) is 7.53. The summed E-state index contributed by atoms with van der Waals surface area (Å²) in [5.74, 6) is 3.17. The summed E-state index contributed by atoms with van der Waals surface area (Å²) in [7, 11) is 0. The van der Waals surface area contributed by atoms with Crippen LogP contribution in [-0.2, 0) is 0 Å². The maximum Gasteiger partial charge on any atom is 0.248 e. The van der Waals surface area contributed by atoms with Gasteiger partial charge in [-0.2, -0.15) is 4.39 Å². The van der Waals surface area contributed by atoms with Crippen molar-refractivity contribution in [3.8, 4) is 11.8 Å². The Hall–Kier alpha value is -0.950. The number of halogens is 3. The van der Waals surface area contributed by atoms with E-state index < -0.39 is 11.8 Å². The largest absolute Gasteiger partial charge is 0.248 e. The van der Waals surface area contributed by atoms with E-state index in [1.54, 1.807) is 0 Å². The first-order valence-corrected chi connectivity index (χ1v) is 4.22. The molecule has 12 heavy (non-hydrogen) atoms. The molecule has 0 aromatic carbocycles. The quantitative estimate of drug-likeness (QED) is 0.379. The second-order valence-electron chi connectivity index (χ2n) is 1.93. The van der Waals surface area contributed by atoms with E-state index in [1.807, 2.05) is 0 Å². The standard InChI is InChI=1S/C8H4BrF2N/c9-3-1-2-6-4-7(10)8(11)12-5-6/h4-5H,3H2. The fourth-order valence-electron chi connectivity index (χ4n) is 0.625. The molecule has 0 amide bonds. The van der Waals surface area contributed by atoms with Gasteiger partial charge in [0.05, 0.1) is 5.33 Å². The molecule has 62 valence electrons. The minimum Gasteiger partial charge on any atom is -0.224 e. The van der Waals surface area contributed by atoms with Crippen LogP contribution in [0, 0.1) is 23.6 Å². The summed E-state index contributed by atoms with van der Waals surface area (Å²) in [5.41, 5.74) is 0.369. The summed E-state index contributed by atoms with van der Waals surface area (Å²) in [5, 5.41) is 0.492. The Bertz CT molecular complexity index is 341. The predicted molar refractivity (Wildman–Crippen MR) is 44.8 cm³/mol. The normalized spacial score (nSPS) is 8.92. The second kappa shape index (κ2) is 4.17. The van der Waals surface area contributed by atoms with Gasteiger partial charge >= 0.3 is 0 Å². The number of rotatable bonds is 0. The molecular weight excluding hydrogens is 228 g/mol. The third kappa shape index (κ3) is 2.28. The lowest BCUT2D eigenvalue weighted by Crippen LogP contribution is -1.89. The molecule has 1 nitrogen and oxygen atoms in total. The first kappa shape index (κ1) is 9.14. The maximum atomic E-state index is 12.5. The fourth-order valence-corrected chi connectivity index (χ4v) is 0.765. The van der Waals surface area contributed by atoms with Crippen molar-refractivity contribution in [1.29, 1.82) is 0 Å². The van der Waals surface area contributed by atoms with Gasteiger partial charge in [0.15, 0.2) is 5.82 Å². The van der Waals surface area contributed by atoms with Crippen LogP contribution in [-0.4, -0.2) is 10.3 Å². The second-order valence-corrected chi connectivity index (χ2v) is 2.49. The molecular formula is C8H4BrF2N. The average molecular weight is 232 g/mol. The molecule has 0 aliphatic heterocycles. The molecule has 0 aliphatic rings. The number of hydrogen-bond donors (Lipinski definition) is 0. The average Bonchev–Trinajstić information content (AvgIpc) is 2.07. The van der Waals surface area contributed by atoms with Crippen molar-refractivity contribution in [3.63, 3.8) is 0 Å². The molecule has 0 spiro atoms. The van der Waals surface area contributed by atoms with Gasteiger partial charge < -0.3 is 0 Å². The van der Waals surface area contributed by atoms with Crippen LogP contribution in [0.2, 0.25) is 0 Å². The first-order valence-electron chi connectivity index (χ1n) is 3.10. The van der Waals surface area contributed by atoms with E-state index in [1.165, 1.54) is 6.20 Å². The molecule has 4 heteroatoms. The van der Waals surface area contributed by atoms with Crippen LogP contribution in [0.3, 0.4) is 0 Å². The van der Waals surface area contributed by atoms with Gasteiger partial charge in [-0.1, -0.05) is 27.8 Å². The number of nitrogens with zero attached hydrogens (tertiary/aromatic N) is 1. The molecule has 1 aromatic heterocycles. The Morgan fingerprint density at radius 1 is 1.50 bits per heavy atom. The van der Waals surface area contributed by atoms with E-state index in [0.717, 1.165) is 6.07 Å². The van der Waals surface area contributed by atoms with Crippen molar-refractivity contribution in [1.82, 2.24) is 4.98 Å². The first-order chi connectivity index (χ1) is 5.74. The Labute approximate surface area is 76.9 Å². The Balaban J connectivity index is 2.97. The van der Waals surface area contributed by atoms with Crippen molar-refractivity contribution in [2.75, 3.05) is 5.33 Å². The molecule has 1 rings (SSSR count). The minimum absolute atomic E-state index is 0.369. The van der Waals surface area contributed by atoms with E-state index in [-0.39, 0.29) is 0 Å². The summed E-state index contributed by atoms with van der Waals surface area (Å²) >= 11 is 3.08. The molecule has 0 bridgehead atoms. The van der Waals surface area contributed by atoms with Crippen LogP contribution >= 0.6 is 15.9 Å². The molecule has 0 N–H and O–H groups in total. The minimum atomic E-state index is -1.10. The van der Waals surface area contributed by atoms with Crippen LogP contribution in [0.25, 0.3) is 0 Å². The molecule has 0 fully saturated rings. The lowest BCUT2D eigenvalue weighted by atomic mass is 10.3. The number of pyridine rings is 1. The Morgan fingerprint density at radius 3 is 2.83 bits per heavy atom. The number of aromatic nitrogens is 1. The van der Waals surface area contributed by atoms with Gasteiger partial charge in [-0.15, -0.1) is 0 Å². The van der Waals surface area contributed by atoms with Crippen LogP contribution in [0.1, 0.15) is 5.56 Å². The summed E-state index contributed by atoms with van der Waals surface area (Å²) in [6.07, 6.45) is 1.19. The van der Waals surface area contributed by atoms with E-state index in [0.29, 0.717) is 10.9 Å². The van der Waals surface area contributed by atoms with Gasteiger partial charge in [0.1, 0.15) is 0 Å². The lowest BCUT2D eigenvalue weighted by Gasteiger charge is -1.91. The van der Waals surface area contributed by atoms with Crippen LogP contribution in [0.5, 0.6) is 0 Å². The Kier molecular flexibility index (Phi) is 3.18. The highest BCUT2D eigenvalue weighted by atomic mass is 79.9. The topological polar surface area (TPSA) is 12.9 Å². The summed E-state index contributed by atoms with van der Waals surface area (Å²) in [6.45, 7) is 0. The van der Waals surface area contributed by atoms with Gasteiger partial charge in [0, 0.05) is 11.8 Å². The third-order valence-corrected chi connectivity index (χ3v) is 1.38. The summed E-state index contributed by atoms with van der Waals surface area (Å²) < 4.78 is 24.8.